The third kappa shape index (κ3) is 6.08. The van der Waals surface area contributed by atoms with Gasteiger partial charge in [0, 0.05) is 17.1 Å². The van der Waals surface area contributed by atoms with Crippen molar-refractivity contribution in [1.29, 1.82) is 5.26 Å². The lowest BCUT2D eigenvalue weighted by Crippen LogP contribution is -2.43. The van der Waals surface area contributed by atoms with Gasteiger partial charge in [0.25, 0.3) is 11.8 Å². The summed E-state index contributed by atoms with van der Waals surface area (Å²) in [6, 6.07) is 24.1. The molecule has 0 aromatic heterocycles. The molecular formula is C30H25ClN2O4. The van der Waals surface area contributed by atoms with Crippen molar-refractivity contribution in [1.82, 2.24) is 4.90 Å². The molecule has 2 amide bonds. The fraction of sp³-hybridized carbons (Fsp3) is 0.167. The second-order valence-corrected chi connectivity index (χ2v) is 8.95. The van der Waals surface area contributed by atoms with Crippen LogP contribution in [0.5, 0.6) is 11.5 Å². The van der Waals surface area contributed by atoms with E-state index in [-0.39, 0.29) is 12.1 Å². The van der Waals surface area contributed by atoms with Gasteiger partial charge in [-0.05, 0) is 78.1 Å². The molecule has 1 aliphatic heterocycles. The van der Waals surface area contributed by atoms with Crippen molar-refractivity contribution >= 4 is 29.5 Å². The Morgan fingerprint density at radius 2 is 1.51 bits per heavy atom. The largest absolute Gasteiger partial charge is 0.497 e. The number of amides is 2. The van der Waals surface area contributed by atoms with Gasteiger partial charge in [0.2, 0.25) is 0 Å². The minimum absolute atomic E-state index is 0.0245. The normalized spacial score (nSPS) is 14.6. The fourth-order valence-corrected chi connectivity index (χ4v) is 4.07. The van der Waals surface area contributed by atoms with E-state index in [1.54, 1.807) is 20.1 Å². The maximum atomic E-state index is 13.3. The molecule has 0 atom stereocenters. The highest BCUT2D eigenvalue weighted by Crippen LogP contribution is 2.28. The Labute approximate surface area is 221 Å². The molecule has 0 fully saturated rings. The van der Waals surface area contributed by atoms with Gasteiger partial charge < -0.3 is 9.47 Å². The number of halogens is 1. The van der Waals surface area contributed by atoms with Crippen LogP contribution >= 0.6 is 11.6 Å². The van der Waals surface area contributed by atoms with E-state index in [4.69, 9.17) is 21.1 Å². The second kappa shape index (κ2) is 11.6. The van der Waals surface area contributed by atoms with Crippen molar-refractivity contribution in [3.63, 3.8) is 0 Å². The quantitative estimate of drug-likeness (QED) is 0.283. The van der Waals surface area contributed by atoms with Crippen LogP contribution in [0.1, 0.15) is 23.6 Å². The Bertz CT molecular complexity index is 1400. The van der Waals surface area contributed by atoms with Crippen molar-refractivity contribution in [2.24, 2.45) is 0 Å². The van der Waals surface area contributed by atoms with Gasteiger partial charge in [0.05, 0.1) is 7.11 Å². The molecule has 3 aromatic rings. The predicted molar refractivity (Wildman–Crippen MR) is 142 cm³/mol. The SMILES string of the molecule is COc1ccc(CCN2C(=O)C(C#N)=C(C)/C(=C\c3ccc(OCc4ccc(Cl)cc4)cc3)C2=O)cc1. The van der Waals surface area contributed by atoms with Gasteiger partial charge in [0.15, 0.2) is 0 Å². The number of nitrogens with zero attached hydrogens (tertiary/aromatic N) is 2. The van der Waals surface area contributed by atoms with Gasteiger partial charge in [-0.1, -0.05) is 48.0 Å². The zero-order valence-corrected chi connectivity index (χ0v) is 21.3. The van der Waals surface area contributed by atoms with Crippen LogP contribution in [0.3, 0.4) is 0 Å². The number of hydrogen-bond acceptors (Lipinski definition) is 5. The first kappa shape index (κ1) is 25.7. The first-order valence-electron chi connectivity index (χ1n) is 11.7. The van der Waals surface area contributed by atoms with Crippen LogP contribution in [-0.2, 0) is 22.6 Å². The summed E-state index contributed by atoms with van der Waals surface area (Å²) in [4.78, 5) is 27.4. The van der Waals surface area contributed by atoms with Gasteiger partial charge in [-0.25, -0.2) is 0 Å². The lowest BCUT2D eigenvalue weighted by atomic mass is 9.93. The molecule has 0 saturated heterocycles. The lowest BCUT2D eigenvalue weighted by Gasteiger charge is -2.27. The maximum absolute atomic E-state index is 13.3. The lowest BCUT2D eigenvalue weighted by molar-refractivity contribution is -0.140. The van der Waals surface area contributed by atoms with E-state index in [0.29, 0.717) is 34.9 Å². The molecule has 0 saturated carbocycles. The van der Waals surface area contributed by atoms with Crippen molar-refractivity contribution in [2.75, 3.05) is 13.7 Å². The predicted octanol–water partition coefficient (Wildman–Crippen LogP) is 5.76. The van der Waals surface area contributed by atoms with Gasteiger partial charge in [-0.3, -0.25) is 14.5 Å². The van der Waals surface area contributed by atoms with Crippen LogP contribution in [0.4, 0.5) is 0 Å². The molecule has 0 spiro atoms. The number of nitriles is 1. The minimum Gasteiger partial charge on any atom is -0.497 e. The average molecular weight is 513 g/mol. The number of benzene rings is 3. The Morgan fingerprint density at radius 1 is 0.892 bits per heavy atom. The smallest absolute Gasteiger partial charge is 0.271 e. The van der Waals surface area contributed by atoms with Gasteiger partial charge in [-0.15, -0.1) is 0 Å². The van der Waals surface area contributed by atoms with E-state index < -0.39 is 11.8 Å². The first-order chi connectivity index (χ1) is 17.9. The molecule has 0 N–H and O–H groups in total. The highest BCUT2D eigenvalue weighted by Gasteiger charge is 2.35. The van der Waals surface area contributed by atoms with E-state index in [2.05, 4.69) is 0 Å². The standard InChI is InChI=1S/C30H25ClN2O4/c1-20-27(17-22-7-13-26(14-8-22)37-19-23-3-9-24(31)10-4-23)29(34)33(30(35)28(20)18-32)16-15-21-5-11-25(36-2)12-6-21/h3-14,17H,15-16,19H2,1-2H3/b27-17+. The summed E-state index contributed by atoms with van der Waals surface area (Å²) in [5.41, 5.74) is 3.37. The fourth-order valence-electron chi connectivity index (χ4n) is 3.94. The molecule has 3 aromatic carbocycles. The van der Waals surface area contributed by atoms with E-state index in [9.17, 15) is 14.9 Å². The first-order valence-corrected chi connectivity index (χ1v) is 12.1. The molecule has 1 aliphatic rings. The van der Waals surface area contributed by atoms with Crippen molar-refractivity contribution in [2.45, 2.75) is 20.0 Å². The highest BCUT2D eigenvalue weighted by molar-refractivity contribution is 6.30. The van der Waals surface area contributed by atoms with E-state index in [1.165, 1.54) is 0 Å². The summed E-state index contributed by atoms with van der Waals surface area (Å²) in [6.07, 6.45) is 2.16. The van der Waals surface area contributed by atoms with Crippen molar-refractivity contribution < 1.29 is 19.1 Å². The molecule has 7 heteroatoms. The molecule has 1 heterocycles. The summed E-state index contributed by atoms with van der Waals surface area (Å²) < 4.78 is 11.0. The average Bonchev–Trinajstić information content (AvgIpc) is 2.92. The van der Waals surface area contributed by atoms with Crippen molar-refractivity contribution in [3.8, 4) is 17.6 Å². The summed E-state index contributed by atoms with van der Waals surface area (Å²) in [6.45, 7) is 2.19. The number of hydrogen-bond donors (Lipinski definition) is 0. The Kier molecular flexibility index (Phi) is 8.07. The number of rotatable bonds is 8. The molecule has 0 unspecified atom stereocenters. The van der Waals surface area contributed by atoms with E-state index in [1.807, 2.05) is 78.9 Å². The third-order valence-electron chi connectivity index (χ3n) is 6.12. The molecular weight excluding hydrogens is 488 g/mol. The number of carbonyl (C=O) groups is 2. The molecule has 4 rings (SSSR count). The number of carbonyl (C=O) groups excluding carboxylic acids is 2. The van der Waals surface area contributed by atoms with Crippen molar-refractivity contribution in [3.05, 3.63) is 111 Å². The Hall–Kier alpha value is -4.34. The zero-order valence-electron chi connectivity index (χ0n) is 20.5. The van der Waals surface area contributed by atoms with E-state index >= 15 is 0 Å². The Morgan fingerprint density at radius 3 is 2.14 bits per heavy atom. The number of ether oxygens (including phenoxy) is 2. The minimum atomic E-state index is -0.568. The molecule has 186 valence electrons. The number of methoxy groups -OCH3 is 1. The third-order valence-corrected chi connectivity index (χ3v) is 6.37. The summed E-state index contributed by atoms with van der Waals surface area (Å²) >= 11 is 5.92. The summed E-state index contributed by atoms with van der Waals surface area (Å²) in [5.74, 6) is 0.416. The van der Waals surface area contributed by atoms with Gasteiger partial charge >= 0.3 is 0 Å². The summed E-state index contributed by atoms with van der Waals surface area (Å²) in [7, 11) is 1.59. The topological polar surface area (TPSA) is 79.6 Å². The van der Waals surface area contributed by atoms with Crippen LogP contribution in [-0.4, -0.2) is 30.4 Å². The highest BCUT2D eigenvalue weighted by atomic mass is 35.5. The second-order valence-electron chi connectivity index (χ2n) is 8.51. The van der Waals surface area contributed by atoms with Crippen LogP contribution in [0.25, 0.3) is 6.08 Å². The van der Waals surface area contributed by atoms with Crippen LogP contribution in [0.15, 0.2) is 89.5 Å². The molecule has 37 heavy (non-hydrogen) atoms. The number of imide groups is 1. The monoisotopic (exact) mass is 512 g/mol. The van der Waals surface area contributed by atoms with Crippen LogP contribution in [0.2, 0.25) is 5.02 Å². The van der Waals surface area contributed by atoms with Gasteiger partial charge in [0.1, 0.15) is 29.7 Å². The van der Waals surface area contributed by atoms with E-state index in [0.717, 1.165) is 27.3 Å². The molecule has 0 aliphatic carbocycles. The molecule has 0 radical (unpaired) electrons. The zero-order chi connectivity index (χ0) is 26.4. The van der Waals surface area contributed by atoms with Gasteiger partial charge in [-0.2, -0.15) is 5.26 Å². The maximum Gasteiger partial charge on any atom is 0.271 e. The summed E-state index contributed by atoms with van der Waals surface area (Å²) in [5, 5.41) is 10.3. The van der Waals surface area contributed by atoms with Crippen LogP contribution < -0.4 is 9.47 Å². The Balaban J connectivity index is 1.50. The molecule has 0 bridgehead atoms. The van der Waals surface area contributed by atoms with Crippen LogP contribution in [0, 0.1) is 11.3 Å². The molecule has 6 nitrogen and oxygen atoms in total.